The molecule has 40 heavy (non-hydrogen) atoms. The molecule has 5 rings (SSSR count). The van der Waals surface area contributed by atoms with Crippen molar-refractivity contribution in [2.75, 3.05) is 0 Å². The Balaban J connectivity index is 0.000000257. The van der Waals surface area contributed by atoms with Crippen LogP contribution in [0, 0.1) is 0 Å². The van der Waals surface area contributed by atoms with E-state index in [1.165, 1.54) is 193 Å². The Morgan fingerprint density at radius 2 is 0.250 bits per heavy atom. The Labute approximate surface area is 253 Å². The summed E-state index contributed by atoms with van der Waals surface area (Å²) in [5.41, 5.74) is 0. The van der Waals surface area contributed by atoms with Gasteiger partial charge in [0.2, 0.25) is 0 Å². The van der Waals surface area contributed by atoms with E-state index in [9.17, 15) is 0 Å². The third-order valence-electron chi connectivity index (χ3n) is 8.81. The lowest BCUT2D eigenvalue weighted by Crippen LogP contribution is -1.85. The highest BCUT2D eigenvalue weighted by Crippen LogP contribution is 2.17. The zero-order valence-corrected chi connectivity index (χ0v) is 27.2. The predicted octanol–water partition coefficient (Wildman–Crippen LogP) is 14.7. The van der Waals surface area contributed by atoms with E-state index in [0.29, 0.717) is 0 Å². The highest BCUT2D eigenvalue weighted by atomic mass is 14.0. The van der Waals surface area contributed by atoms with Gasteiger partial charge in [0.05, 0.1) is 0 Å². The van der Waals surface area contributed by atoms with Gasteiger partial charge in [-0.05, 0) is 12.8 Å². The van der Waals surface area contributed by atoms with Gasteiger partial charge in [-0.2, -0.15) is 0 Å². The van der Waals surface area contributed by atoms with Gasteiger partial charge in [0.15, 0.2) is 0 Å². The van der Waals surface area contributed by atoms with Crippen LogP contribution in [-0.4, -0.2) is 0 Å². The average Bonchev–Trinajstić information content (AvgIpc) is 3.79. The van der Waals surface area contributed by atoms with E-state index in [2.05, 4.69) is 48.6 Å². The van der Waals surface area contributed by atoms with E-state index in [1.54, 1.807) is 0 Å². The minimum atomic E-state index is 1.14. The summed E-state index contributed by atoms with van der Waals surface area (Å²) < 4.78 is 0. The Morgan fingerprint density at radius 3 is 0.300 bits per heavy atom. The second-order valence-corrected chi connectivity index (χ2v) is 12.8. The molecular weight excluding hydrogens is 480 g/mol. The molecule has 0 spiro atoms. The second-order valence-electron chi connectivity index (χ2n) is 12.8. The quantitative estimate of drug-likeness (QED) is 0.280. The van der Waals surface area contributed by atoms with Crippen molar-refractivity contribution in [2.24, 2.45) is 0 Å². The molecule has 0 aliphatic heterocycles. The van der Waals surface area contributed by atoms with Gasteiger partial charge in [-0.25, -0.2) is 0 Å². The average molecular weight is 553 g/mol. The molecule has 0 amide bonds. The molecule has 0 unspecified atom stereocenters. The number of hydrogen-bond acceptors (Lipinski definition) is 0. The molecule has 5 aliphatic rings. The highest BCUT2D eigenvalue weighted by Gasteiger charge is 1.97. The maximum atomic E-state index is 2.12. The van der Waals surface area contributed by atoms with Crippen molar-refractivity contribution in [1.29, 1.82) is 0 Å². The zero-order chi connectivity index (χ0) is 28.3. The molecule has 0 saturated heterocycles. The van der Waals surface area contributed by atoms with Crippen molar-refractivity contribution in [3.05, 3.63) is 48.6 Å². The number of hydrogen-bond donors (Lipinski definition) is 0. The summed E-state index contributed by atoms with van der Waals surface area (Å²) in [4.78, 5) is 0. The zero-order valence-electron chi connectivity index (χ0n) is 27.2. The predicted molar refractivity (Wildman–Crippen MR) is 184 cm³/mol. The molecule has 0 aromatic carbocycles. The van der Waals surface area contributed by atoms with Crippen molar-refractivity contribution in [3.8, 4) is 0 Å². The summed E-state index contributed by atoms with van der Waals surface area (Å²) >= 11 is 0. The van der Waals surface area contributed by atoms with Crippen LogP contribution in [0.4, 0.5) is 0 Å². The van der Waals surface area contributed by atoms with Crippen molar-refractivity contribution in [3.63, 3.8) is 0 Å². The first kappa shape index (κ1) is 37.0. The Bertz CT molecular complexity index is 388. The molecule has 0 heteroatoms. The number of rotatable bonds is 0. The van der Waals surface area contributed by atoms with Gasteiger partial charge in [0.1, 0.15) is 0 Å². The van der Waals surface area contributed by atoms with E-state index < -0.39 is 0 Å². The van der Waals surface area contributed by atoms with Gasteiger partial charge in [-0.3, -0.25) is 0 Å². The smallest absolute Gasteiger partial charge is 0.0163 e. The van der Waals surface area contributed by atoms with Crippen LogP contribution >= 0.6 is 0 Å². The monoisotopic (exact) mass is 553 g/mol. The van der Waals surface area contributed by atoms with Crippen LogP contribution < -0.4 is 0 Å². The summed E-state index contributed by atoms with van der Waals surface area (Å²) in [6.45, 7) is 0. The normalized spacial score (nSPS) is 22.4. The van der Waals surface area contributed by atoms with Crippen LogP contribution in [0.2, 0.25) is 0 Å². The molecule has 232 valence electrons. The summed E-state index contributed by atoms with van der Waals surface area (Å²) in [5, 5.41) is 0. The van der Waals surface area contributed by atoms with Crippen LogP contribution in [0.15, 0.2) is 48.6 Å². The summed E-state index contributed by atoms with van der Waals surface area (Å²) in [6.07, 6.45) is 64.0. The Morgan fingerprint density at radius 1 is 0.150 bits per heavy atom. The third kappa shape index (κ3) is 31.5. The van der Waals surface area contributed by atoms with E-state index in [0.717, 1.165) is 12.8 Å². The van der Waals surface area contributed by atoms with E-state index in [-0.39, 0.29) is 0 Å². The Hall–Kier alpha value is -1.04. The maximum Gasteiger partial charge on any atom is -0.0163 e. The van der Waals surface area contributed by atoms with Gasteiger partial charge < -0.3 is 0 Å². The number of allylic oxidation sites excluding steroid dienone is 8. The van der Waals surface area contributed by atoms with Gasteiger partial charge >= 0.3 is 0 Å². The fraction of sp³-hybridized carbons (Fsp3) is 0.800. The van der Waals surface area contributed by atoms with E-state index in [4.69, 9.17) is 0 Å². The standard InChI is InChI=1S/3C10H20.2C5H6/c3*1-2-4-6-8-10-9-7-5-3-1;2*1-2-4-5-3-1/h3*1-10H2;2*1-4H,5H2. The van der Waals surface area contributed by atoms with Crippen LogP contribution in [0.25, 0.3) is 0 Å². The van der Waals surface area contributed by atoms with Crippen molar-refractivity contribution in [1.82, 2.24) is 0 Å². The third-order valence-corrected chi connectivity index (χ3v) is 8.81. The van der Waals surface area contributed by atoms with Gasteiger partial charge in [-0.1, -0.05) is 241 Å². The molecule has 0 N–H and O–H groups in total. The van der Waals surface area contributed by atoms with Crippen molar-refractivity contribution in [2.45, 2.75) is 205 Å². The first-order valence-corrected chi connectivity index (χ1v) is 18.6. The Kier molecular flexibility index (Phi) is 31.6. The first-order chi connectivity index (χ1) is 20.0. The summed E-state index contributed by atoms with van der Waals surface area (Å²) in [5.74, 6) is 0. The maximum absolute atomic E-state index is 2.12. The van der Waals surface area contributed by atoms with Crippen molar-refractivity contribution >= 4 is 0 Å². The van der Waals surface area contributed by atoms with Crippen molar-refractivity contribution < 1.29 is 0 Å². The van der Waals surface area contributed by atoms with Crippen LogP contribution in [0.3, 0.4) is 0 Å². The molecule has 0 atom stereocenters. The lowest BCUT2D eigenvalue weighted by atomic mass is 10.0. The largest absolute Gasteiger partial charge is 0.0808 e. The lowest BCUT2D eigenvalue weighted by molar-refractivity contribution is 0.504. The topological polar surface area (TPSA) is 0 Å². The van der Waals surface area contributed by atoms with Gasteiger partial charge in [0, 0.05) is 0 Å². The minimum Gasteiger partial charge on any atom is -0.0808 e. The molecule has 5 aliphatic carbocycles. The molecule has 3 fully saturated rings. The molecule has 0 bridgehead atoms. The highest BCUT2D eigenvalue weighted by molar-refractivity contribution is 5.12. The molecule has 0 heterocycles. The van der Waals surface area contributed by atoms with Gasteiger partial charge in [-0.15, -0.1) is 0 Å². The van der Waals surface area contributed by atoms with E-state index in [1.807, 2.05) is 0 Å². The van der Waals surface area contributed by atoms with Crippen LogP contribution in [0.1, 0.15) is 205 Å². The fourth-order valence-corrected chi connectivity index (χ4v) is 6.09. The minimum absolute atomic E-state index is 1.14. The first-order valence-electron chi connectivity index (χ1n) is 18.6. The van der Waals surface area contributed by atoms with Crippen LogP contribution in [-0.2, 0) is 0 Å². The van der Waals surface area contributed by atoms with Crippen LogP contribution in [0.5, 0.6) is 0 Å². The fourth-order valence-electron chi connectivity index (χ4n) is 6.09. The molecule has 0 radical (unpaired) electrons. The van der Waals surface area contributed by atoms with E-state index >= 15 is 0 Å². The van der Waals surface area contributed by atoms with Gasteiger partial charge in [0.25, 0.3) is 0 Å². The second kappa shape index (κ2) is 34.2. The SMILES string of the molecule is C1=CCC=C1.C1=CCC=C1.C1CCCCCCCCC1.C1CCCCCCCCC1.C1CCCCCCCCC1. The molecule has 0 aromatic heterocycles. The summed E-state index contributed by atoms with van der Waals surface area (Å²) in [6, 6.07) is 0. The molecule has 3 saturated carbocycles. The lowest BCUT2D eigenvalue weighted by Gasteiger charge is -2.05. The summed E-state index contributed by atoms with van der Waals surface area (Å²) in [7, 11) is 0. The molecule has 0 aromatic rings. The molecule has 0 nitrogen and oxygen atoms in total. The molecular formula is C40H72.